The molecule has 0 radical (unpaired) electrons. The van der Waals surface area contributed by atoms with Crippen molar-refractivity contribution >= 4 is 46.2 Å². The van der Waals surface area contributed by atoms with Crippen LogP contribution >= 0.6 is 22.6 Å². The highest BCUT2D eigenvalue weighted by molar-refractivity contribution is 14.1. The van der Waals surface area contributed by atoms with Gasteiger partial charge in [-0.1, -0.05) is 24.3 Å². The summed E-state index contributed by atoms with van der Waals surface area (Å²) in [4.78, 5) is 22.9. The van der Waals surface area contributed by atoms with E-state index >= 15 is 0 Å². The highest BCUT2D eigenvalue weighted by atomic mass is 127. The Hall–Kier alpha value is -2.86. The van der Waals surface area contributed by atoms with Crippen LogP contribution < -0.4 is 10.1 Å². The molecule has 0 unspecified atom stereocenters. The zero-order valence-corrected chi connectivity index (χ0v) is 16.0. The quantitative estimate of drug-likeness (QED) is 0.388. The molecule has 7 heteroatoms. The third-order valence-electron chi connectivity index (χ3n) is 3.38. The first-order valence-corrected chi connectivity index (χ1v) is 8.61. The zero-order valence-electron chi connectivity index (χ0n) is 13.8. The molecule has 0 aromatic heterocycles. The van der Waals surface area contributed by atoms with Gasteiger partial charge in [0.15, 0.2) is 6.61 Å². The van der Waals surface area contributed by atoms with Gasteiger partial charge in [-0.15, -0.1) is 0 Å². The van der Waals surface area contributed by atoms with Crippen LogP contribution in [0.1, 0.15) is 11.1 Å². The fourth-order valence-corrected chi connectivity index (χ4v) is 2.78. The predicted molar refractivity (Wildman–Crippen MR) is 106 cm³/mol. The van der Waals surface area contributed by atoms with Crippen LogP contribution in [0, 0.1) is 21.8 Å². The number of anilines is 1. The lowest BCUT2D eigenvalue weighted by Crippen LogP contribution is -2.14. The van der Waals surface area contributed by atoms with Crippen molar-refractivity contribution in [3.63, 3.8) is 0 Å². The first-order chi connectivity index (χ1) is 12.4. The average molecular weight is 462 g/mol. The molecule has 0 fully saturated rings. The molecule has 26 heavy (non-hydrogen) atoms. The van der Waals surface area contributed by atoms with Gasteiger partial charge in [0.1, 0.15) is 17.4 Å². The topological polar surface area (TPSA) is 99.4 Å². The van der Waals surface area contributed by atoms with Gasteiger partial charge in [-0.3, -0.25) is 4.79 Å². The smallest absolute Gasteiger partial charge is 0.341 e. The summed E-state index contributed by atoms with van der Waals surface area (Å²) >= 11 is 2.00. The Balaban J connectivity index is 2.19. The summed E-state index contributed by atoms with van der Waals surface area (Å²) in [5, 5.41) is 20.7. The zero-order chi connectivity index (χ0) is 19.1. The number of aryl methyl sites for hydroxylation is 1. The number of carbonyl (C=O) groups excluding carboxylic acids is 1. The number of halogens is 1. The molecular formula is C19H15IN2O4. The molecule has 0 saturated carbocycles. The molecule has 0 saturated heterocycles. The van der Waals surface area contributed by atoms with E-state index < -0.39 is 18.5 Å². The summed E-state index contributed by atoms with van der Waals surface area (Å²) in [6.07, 6.45) is 1.47. The molecule has 0 aliphatic heterocycles. The number of para-hydroxylation sites is 1. The van der Waals surface area contributed by atoms with Crippen molar-refractivity contribution in [2.24, 2.45) is 0 Å². The number of hydrogen-bond donors (Lipinski definition) is 2. The summed E-state index contributed by atoms with van der Waals surface area (Å²) in [7, 11) is 0. The molecule has 0 aliphatic carbocycles. The van der Waals surface area contributed by atoms with Crippen LogP contribution in [-0.4, -0.2) is 23.6 Å². The van der Waals surface area contributed by atoms with Gasteiger partial charge >= 0.3 is 5.97 Å². The van der Waals surface area contributed by atoms with Gasteiger partial charge in [0, 0.05) is 5.69 Å². The second kappa shape index (κ2) is 9.01. The summed E-state index contributed by atoms with van der Waals surface area (Å²) in [6.45, 7) is 1.43. The van der Waals surface area contributed by atoms with Gasteiger partial charge in [0.2, 0.25) is 0 Å². The number of nitrogens with zero attached hydrogens (tertiary/aromatic N) is 1. The molecule has 2 N–H and O–H groups in total. The Kier molecular flexibility index (Phi) is 6.74. The number of rotatable bonds is 6. The summed E-state index contributed by atoms with van der Waals surface area (Å²) < 4.78 is 5.83. The molecule has 6 nitrogen and oxygen atoms in total. The molecule has 0 spiro atoms. The monoisotopic (exact) mass is 462 g/mol. The standard InChI is InChI=1S/C19H15IN2O4/c1-12-4-2-3-5-16(12)22-19(25)14(10-21)8-13-6-7-17(15(20)9-13)26-11-18(23)24/h2-9H,11H2,1H3,(H,22,25)(H,23,24)/b14-8-. The summed E-state index contributed by atoms with van der Waals surface area (Å²) in [5.41, 5.74) is 2.13. The maximum absolute atomic E-state index is 12.3. The Bertz CT molecular complexity index is 916. The fraction of sp³-hybridized carbons (Fsp3) is 0.105. The molecule has 0 bridgehead atoms. The van der Waals surface area contributed by atoms with Crippen molar-refractivity contribution in [1.82, 2.24) is 0 Å². The maximum Gasteiger partial charge on any atom is 0.341 e. The van der Waals surface area contributed by atoms with Crippen LogP contribution in [0.15, 0.2) is 48.0 Å². The van der Waals surface area contributed by atoms with Gasteiger partial charge in [0.25, 0.3) is 5.91 Å². The number of ether oxygens (including phenoxy) is 1. The van der Waals surface area contributed by atoms with Crippen LogP contribution in [0.25, 0.3) is 6.08 Å². The van der Waals surface area contributed by atoms with Gasteiger partial charge in [0.05, 0.1) is 3.57 Å². The number of carboxylic acids is 1. The first kappa shape index (κ1) is 19.5. The molecule has 1 amide bonds. The second-order valence-electron chi connectivity index (χ2n) is 5.31. The first-order valence-electron chi connectivity index (χ1n) is 7.53. The fourth-order valence-electron chi connectivity index (χ4n) is 2.08. The minimum atomic E-state index is -1.07. The van der Waals surface area contributed by atoms with Gasteiger partial charge in [-0.25, -0.2) is 4.79 Å². The maximum atomic E-state index is 12.3. The van der Waals surface area contributed by atoms with E-state index in [0.717, 1.165) is 5.56 Å². The number of amides is 1. The van der Waals surface area contributed by atoms with Crippen LogP contribution in [0.4, 0.5) is 5.69 Å². The van der Waals surface area contributed by atoms with Crippen molar-refractivity contribution in [2.45, 2.75) is 6.92 Å². The molecule has 2 rings (SSSR count). The number of aliphatic carboxylic acids is 1. The number of nitriles is 1. The van der Waals surface area contributed by atoms with Crippen molar-refractivity contribution in [3.8, 4) is 11.8 Å². The van der Waals surface area contributed by atoms with Crippen LogP contribution in [0.3, 0.4) is 0 Å². The van der Waals surface area contributed by atoms with Gasteiger partial charge < -0.3 is 15.2 Å². The molecule has 2 aromatic rings. The number of hydrogen-bond acceptors (Lipinski definition) is 4. The summed E-state index contributed by atoms with van der Waals surface area (Å²) in [6, 6.07) is 14.2. The average Bonchev–Trinajstić information content (AvgIpc) is 2.60. The van der Waals surface area contributed by atoms with Crippen LogP contribution in [0.2, 0.25) is 0 Å². The Morgan fingerprint density at radius 1 is 1.31 bits per heavy atom. The van der Waals surface area contributed by atoms with E-state index in [1.165, 1.54) is 6.08 Å². The lowest BCUT2D eigenvalue weighted by atomic mass is 10.1. The molecule has 0 aliphatic rings. The van der Waals surface area contributed by atoms with Crippen LogP contribution in [0.5, 0.6) is 5.75 Å². The van der Waals surface area contributed by atoms with Crippen molar-refractivity contribution in [3.05, 3.63) is 62.7 Å². The Morgan fingerprint density at radius 2 is 2.04 bits per heavy atom. The summed E-state index contributed by atoms with van der Waals surface area (Å²) in [5.74, 6) is -1.14. The van der Waals surface area contributed by atoms with E-state index in [2.05, 4.69) is 5.32 Å². The normalized spacial score (nSPS) is 10.7. The lowest BCUT2D eigenvalue weighted by Gasteiger charge is -2.08. The van der Waals surface area contributed by atoms with Crippen molar-refractivity contribution < 1.29 is 19.4 Å². The van der Waals surface area contributed by atoms with Crippen molar-refractivity contribution in [2.75, 3.05) is 11.9 Å². The number of carboxylic acid groups (broad SMARTS) is 1. The Morgan fingerprint density at radius 3 is 2.65 bits per heavy atom. The number of benzene rings is 2. The van der Waals surface area contributed by atoms with E-state index in [1.54, 1.807) is 30.3 Å². The largest absolute Gasteiger partial charge is 0.481 e. The molecule has 2 aromatic carbocycles. The molecule has 132 valence electrons. The predicted octanol–water partition coefficient (Wildman–Crippen LogP) is 3.61. The Labute approximate surface area is 164 Å². The lowest BCUT2D eigenvalue weighted by molar-refractivity contribution is -0.139. The van der Waals surface area contributed by atoms with Crippen molar-refractivity contribution in [1.29, 1.82) is 5.26 Å². The number of nitrogens with one attached hydrogen (secondary N) is 1. The van der Waals surface area contributed by atoms with Crippen LogP contribution in [-0.2, 0) is 9.59 Å². The highest BCUT2D eigenvalue weighted by Crippen LogP contribution is 2.23. The molecule has 0 heterocycles. The third kappa shape index (κ3) is 5.32. The highest BCUT2D eigenvalue weighted by Gasteiger charge is 2.11. The third-order valence-corrected chi connectivity index (χ3v) is 4.22. The molecule has 0 atom stereocenters. The van der Waals surface area contributed by atoms with E-state index in [-0.39, 0.29) is 5.57 Å². The SMILES string of the molecule is Cc1ccccc1NC(=O)/C(C#N)=C\c1ccc(OCC(=O)O)c(I)c1. The minimum Gasteiger partial charge on any atom is -0.481 e. The van der Waals surface area contributed by atoms with Gasteiger partial charge in [-0.2, -0.15) is 5.26 Å². The van der Waals surface area contributed by atoms with E-state index in [0.29, 0.717) is 20.6 Å². The van der Waals surface area contributed by atoms with E-state index in [1.807, 2.05) is 47.7 Å². The molecular weight excluding hydrogens is 447 g/mol. The minimum absolute atomic E-state index is 0.0387. The van der Waals surface area contributed by atoms with Gasteiger partial charge in [-0.05, 0) is 64.9 Å². The van der Waals surface area contributed by atoms with E-state index in [4.69, 9.17) is 9.84 Å². The van der Waals surface area contributed by atoms with E-state index in [9.17, 15) is 14.9 Å². The number of carbonyl (C=O) groups is 2. The second-order valence-corrected chi connectivity index (χ2v) is 6.47.